The zero-order chi connectivity index (χ0) is 16.5. The Morgan fingerprint density at radius 2 is 2.09 bits per heavy atom. The van der Waals surface area contributed by atoms with Crippen molar-refractivity contribution in [3.05, 3.63) is 0 Å². The number of oxime groups is 1. The summed E-state index contributed by atoms with van der Waals surface area (Å²) < 4.78 is 10.4. The van der Waals surface area contributed by atoms with Crippen LogP contribution in [0.2, 0.25) is 0 Å². The summed E-state index contributed by atoms with van der Waals surface area (Å²) in [6.45, 7) is 9.28. The molecule has 2 rings (SSSR count). The molecular weight excluding hydrogens is 288 g/mol. The fourth-order valence-electron chi connectivity index (χ4n) is 2.91. The molecule has 0 saturated heterocycles. The highest BCUT2D eigenvalue weighted by Crippen LogP contribution is 2.39. The Balaban J connectivity index is 2.10. The molecule has 7 nitrogen and oxygen atoms in total. The molecule has 124 valence electrons. The van der Waals surface area contributed by atoms with Gasteiger partial charge < -0.3 is 19.6 Å². The highest BCUT2D eigenvalue weighted by Gasteiger charge is 2.53. The van der Waals surface area contributed by atoms with E-state index in [1.54, 1.807) is 27.7 Å². The van der Waals surface area contributed by atoms with Gasteiger partial charge in [-0.25, -0.2) is 4.79 Å². The number of hydrogen-bond donors (Lipinski definition) is 1. The van der Waals surface area contributed by atoms with Gasteiger partial charge in [-0.05, 0) is 41.0 Å². The van der Waals surface area contributed by atoms with Crippen LogP contribution < -0.4 is 5.32 Å². The van der Waals surface area contributed by atoms with Gasteiger partial charge in [0.2, 0.25) is 0 Å². The van der Waals surface area contributed by atoms with Crippen molar-refractivity contribution in [1.82, 2.24) is 5.32 Å². The summed E-state index contributed by atoms with van der Waals surface area (Å²) in [5, 5.41) is 6.72. The van der Waals surface area contributed by atoms with Crippen LogP contribution in [0.1, 0.15) is 41.0 Å². The van der Waals surface area contributed by atoms with Gasteiger partial charge in [-0.15, -0.1) is 0 Å². The van der Waals surface area contributed by atoms with E-state index in [-0.39, 0.29) is 18.0 Å². The van der Waals surface area contributed by atoms with Crippen molar-refractivity contribution in [3.8, 4) is 0 Å². The van der Waals surface area contributed by atoms with Gasteiger partial charge in [0.05, 0.1) is 24.3 Å². The predicted molar refractivity (Wildman–Crippen MR) is 79.4 cm³/mol. The van der Waals surface area contributed by atoms with Crippen LogP contribution in [0.25, 0.3) is 0 Å². The van der Waals surface area contributed by atoms with E-state index < -0.39 is 23.7 Å². The summed E-state index contributed by atoms with van der Waals surface area (Å²) in [6, 6.07) is -0.500. The highest BCUT2D eigenvalue weighted by atomic mass is 16.6. The molecule has 1 amide bonds. The molecule has 0 spiro atoms. The zero-order valence-corrected chi connectivity index (χ0v) is 13.7. The van der Waals surface area contributed by atoms with E-state index in [1.807, 2.05) is 6.92 Å². The molecule has 0 radical (unpaired) electrons. The van der Waals surface area contributed by atoms with E-state index >= 15 is 0 Å². The molecule has 2 aliphatic rings. The van der Waals surface area contributed by atoms with Gasteiger partial charge in [-0.1, -0.05) is 5.16 Å². The largest absolute Gasteiger partial charge is 0.466 e. The van der Waals surface area contributed by atoms with Gasteiger partial charge in [-0.3, -0.25) is 4.79 Å². The molecule has 1 saturated carbocycles. The van der Waals surface area contributed by atoms with Crippen molar-refractivity contribution in [2.75, 3.05) is 6.61 Å². The zero-order valence-electron chi connectivity index (χ0n) is 13.7. The van der Waals surface area contributed by atoms with Crippen LogP contribution in [0.4, 0.5) is 4.79 Å². The van der Waals surface area contributed by atoms with Crippen LogP contribution in [0.5, 0.6) is 0 Å². The lowest BCUT2D eigenvalue weighted by molar-refractivity contribution is -0.149. The smallest absolute Gasteiger partial charge is 0.408 e. The maximum absolute atomic E-state index is 12.2. The summed E-state index contributed by atoms with van der Waals surface area (Å²) in [5.41, 5.74) is 0.234. The first-order chi connectivity index (χ1) is 10.2. The SMILES string of the molecule is CCOC(=O)[C@@H]1C[C@@H]2C(C)=NO[C@@H]2[C@@H]1NC(=O)OC(C)(C)C. The molecule has 4 atom stereocenters. The minimum atomic E-state index is -0.607. The topological polar surface area (TPSA) is 86.2 Å². The van der Waals surface area contributed by atoms with E-state index in [9.17, 15) is 9.59 Å². The minimum Gasteiger partial charge on any atom is -0.466 e. The monoisotopic (exact) mass is 312 g/mol. The first-order valence-electron chi connectivity index (χ1n) is 7.59. The number of alkyl carbamates (subject to hydrolysis) is 1. The van der Waals surface area contributed by atoms with Crippen LogP contribution in [-0.2, 0) is 19.1 Å². The normalized spacial score (nSPS) is 30.1. The second-order valence-corrected chi connectivity index (χ2v) is 6.68. The maximum atomic E-state index is 12.2. The number of amides is 1. The summed E-state index contributed by atoms with van der Waals surface area (Å²) in [5.74, 6) is -0.753. The molecule has 1 fully saturated rings. The molecule has 1 heterocycles. The summed E-state index contributed by atoms with van der Waals surface area (Å²) >= 11 is 0. The molecule has 0 aromatic heterocycles. The second kappa shape index (κ2) is 6.14. The fourth-order valence-corrected chi connectivity index (χ4v) is 2.91. The van der Waals surface area contributed by atoms with E-state index in [2.05, 4.69) is 10.5 Å². The highest BCUT2D eigenvalue weighted by molar-refractivity contribution is 5.88. The van der Waals surface area contributed by atoms with Crippen LogP contribution >= 0.6 is 0 Å². The van der Waals surface area contributed by atoms with Gasteiger partial charge in [0.15, 0.2) is 6.10 Å². The first-order valence-corrected chi connectivity index (χ1v) is 7.59. The van der Waals surface area contributed by atoms with Gasteiger partial charge in [-0.2, -0.15) is 0 Å². The number of hydrogen-bond acceptors (Lipinski definition) is 6. The lowest BCUT2D eigenvalue weighted by atomic mass is 10.0. The average molecular weight is 312 g/mol. The molecule has 1 N–H and O–H groups in total. The Labute approximate surface area is 130 Å². The van der Waals surface area contributed by atoms with Crippen molar-refractivity contribution < 1.29 is 23.9 Å². The molecule has 1 aliphatic carbocycles. The number of ether oxygens (including phenoxy) is 2. The Hall–Kier alpha value is -1.79. The predicted octanol–water partition coefficient (Wildman–Crippen LogP) is 1.85. The van der Waals surface area contributed by atoms with Crippen molar-refractivity contribution in [2.45, 2.75) is 58.8 Å². The molecular formula is C15H24N2O5. The third-order valence-electron chi connectivity index (χ3n) is 3.82. The van der Waals surface area contributed by atoms with Crippen LogP contribution in [0, 0.1) is 11.8 Å². The lowest BCUT2D eigenvalue weighted by Crippen LogP contribution is -2.48. The molecule has 7 heteroatoms. The van der Waals surface area contributed by atoms with Gasteiger partial charge in [0.25, 0.3) is 0 Å². The third-order valence-corrected chi connectivity index (χ3v) is 3.82. The lowest BCUT2D eigenvalue weighted by Gasteiger charge is -2.25. The van der Waals surface area contributed by atoms with Crippen LogP contribution in [-0.4, -0.2) is 42.1 Å². The fraction of sp³-hybridized carbons (Fsp3) is 0.800. The summed E-state index contributed by atoms with van der Waals surface area (Å²) in [7, 11) is 0. The number of nitrogens with one attached hydrogen (secondary N) is 1. The molecule has 0 unspecified atom stereocenters. The van der Waals surface area contributed by atoms with Gasteiger partial charge in [0, 0.05) is 5.92 Å². The van der Waals surface area contributed by atoms with Crippen LogP contribution in [0.15, 0.2) is 5.16 Å². The van der Waals surface area contributed by atoms with Crippen molar-refractivity contribution in [2.24, 2.45) is 17.0 Å². The maximum Gasteiger partial charge on any atom is 0.408 e. The van der Waals surface area contributed by atoms with Crippen molar-refractivity contribution >= 4 is 17.8 Å². The number of nitrogens with zero attached hydrogens (tertiary/aromatic N) is 1. The van der Waals surface area contributed by atoms with E-state index in [0.29, 0.717) is 13.0 Å². The van der Waals surface area contributed by atoms with Crippen LogP contribution in [0.3, 0.4) is 0 Å². The minimum absolute atomic E-state index is 0.0225. The number of fused-ring (bicyclic) bond motifs is 1. The van der Waals surface area contributed by atoms with E-state index in [1.165, 1.54) is 0 Å². The van der Waals surface area contributed by atoms with E-state index in [4.69, 9.17) is 14.3 Å². The van der Waals surface area contributed by atoms with E-state index in [0.717, 1.165) is 5.71 Å². The molecule has 0 aromatic carbocycles. The quantitative estimate of drug-likeness (QED) is 0.804. The Bertz CT molecular complexity index is 483. The summed E-state index contributed by atoms with van der Waals surface area (Å²) in [6.07, 6.45) is -0.359. The Morgan fingerprint density at radius 3 is 2.68 bits per heavy atom. The number of carbonyl (C=O) groups excluding carboxylic acids is 2. The first kappa shape index (κ1) is 16.6. The molecule has 0 bridgehead atoms. The second-order valence-electron chi connectivity index (χ2n) is 6.68. The molecule has 0 aromatic rings. The van der Waals surface area contributed by atoms with Crippen molar-refractivity contribution in [3.63, 3.8) is 0 Å². The van der Waals surface area contributed by atoms with Crippen molar-refractivity contribution in [1.29, 1.82) is 0 Å². The summed E-state index contributed by atoms with van der Waals surface area (Å²) in [4.78, 5) is 29.6. The Kier molecular flexibility index (Phi) is 4.63. The van der Waals surface area contributed by atoms with Gasteiger partial charge in [0.1, 0.15) is 5.60 Å². The molecule has 22 heavy (non-hydrogen) atoms. The average Bonchev–Trinajstić information content (AvgIpc) is 2.89. The molecule has 1 aliphatic heterocycles. The number of esters is 1. The Morgan fingerprint density at radius 1 is 1.41 bits per heavy atom. The number of rotatable bonds is 3. The van der Waals surface area contributed by atoms with Gasteiger partial charge >= 0.3 is 12.1 Å². The standard InChI is InChI=1S/C15H24N2O5/c1-6-20-13(18)10-7-9-8(2)17-22-12(9)11(10)16-14(19)21-15(3,4)5/h9-12H,6-7H2,1-5H3,(H,16,19)/t9-,10-,11-,12+/m1/s1. The third kappa shape index (κ3) is 3.51. The number of carbonyl (C=O) groups is 2.